The number of hydrogen-bond acceptors (Lipinski definition) is 2. The molecule has 0 saturated carbocycles. The monoisotopic (exact) mass is 312 g/mol. The van der Waals surface area contributed by atoms with Gasteiger partial charge in [-0.3, -0.25) is 4.79 Å². The van der Waals surface area contributed by atoms with Gasteiger partial charge in [0.15, 0.2) is 0 Å². The van der Waals surface area contributed by atoms with Crippen molar-refractivity contribution in [1.82, 2.24) is 9.88 Å². The van der Waals surface area contributed by atoms with Gasteiger partial charge >= 0.3 is 0 Å². The molecule has 0 spiro atoms. The molecule has 1 fully saturated rings. The van der Waals surface area contributed by atoms with Gasteiger partial charge in [-0.05, 0) is 36.5 Å². The van der Waals surface area contributed by atoms with Crippen molar-refractivity contribution in [3.8, 4) is 0 Å². The van der Waals surface area contributed by atoms with Gasteiger partial charge in [0.2, 0.25) is 0 Å². The minimum Gasteiger partial charge on any atom is -0.368 e. The quantitative estimate of drug-likeness (QED) is 0.924. The fourth-order valence-corrected chi connectivity index (χ4v) is 3.76. The van der Waals surface area contributed by atoms with Gasteiger partial charge in [0.1, 0.15) is 6.10 Å². The zero-order chi connectivity index (χ0) is 16.0. The summed E-state index contributed by atoms with van der Waals surface area (Å²) >= 11 is 0. The molecular formula is C19H24N2O2. The second kappa shape index (κ2) is 5.68. The number of aromatic nitrogens is 1. The first-order chi connectivity index (χ1) is 11.1. The summed E-state index contributed by atoms with van der Waals surface area (Å²) in [6.07, 6.45) is 2.56. The van der Waals surface area contributed by atoms with Crippen LogP contribution in [0.4, 0.5) is 0 Å². The molecule has 1 amide bonds. The molecule has 1 atom stereocenters. The normalized spacial score (nSPS) is 21.2. The minimum atomic E-state index is -0.215. The molecule has 23 heavy (non-hydrogen) atoms. The highest BCUT2D eigenvalue weighted by Gasteiger charge is 2.31. The van der Waals surface area contributed by atoms with E-state index < -0.39 is 0 Å². The molecule has 1 aromatic heterocycles. The third kappa shape index (κ3) is 2.55. The van der Waals surface area contributed by atoms with E-state index in [0.717, 1.165) is 32.4 Å². The summed E-state index contributed by atoms with van der Waals surface area (Å²) in [7, 11) is 0. The van der Waals surface area contributed by atoms with Crippen LogP contribution in [-0.2, 0) is 22.5 Å². The molecule has 122 valence electrons. The molecule has 2 aliphatic rings. The zero-order valence-corrected chi connectivity index (χ0v) is 13.9. The first kappa shape index (κ1) is 14.8. The number of hydrogen-bond donors (Lipinski definition) is 1. The Morgan fingerprint density at radius 3 is 3.00 bits per heavy atom. The third-order valence-electron chi connectivity index (χ3n) is 5.18. The van der Waals surface area contributed by atoms with Gasteiger partial charge in [0.05, 0.1) is 0 Å². The van der Waals surface area contributed by atoms with Gasteiger partial charge in [-0.25, -0.2) is 0 Å². The zero-order valence-electron chi connectivity index (χ0n) is 13.9. The van der Waals surface area contributed by atoms with Crippen molar-refractivity contribution >= 4 is 16.8 Å². The van der Waals surface area contributed by atoms with Crippen molar-refractivity contribution in [3.05, 3.63) is 35.0 Å². The maximum atomic E-state index is 12.6. The van der Waals surface area contributed by atoms with Gasteiger partial charge < -0.3 is 14.6 Å². The van der Waals surface area contributed by atoms with Crippen LogP contribution in [0.25, 0.3) is 10.9 Å². The molecule has 1 N–H and O–H groups in total. The maximum absolute atomic E-state index is 12.6. The molecule has 0 radical (unpaired) electrons. The molecule has 1 unspecified atom stereocenters. The average molecular weight is 312 g/mol. The van der Waals surface area contributed by atoms with Crippen LogP contribution < -0.4 is 0 Å². The molecule has 2 aliphatic heterocycles. The molecule has 0 bridgehead atoms. The van der Waals surface area contributed by atoms with Crippen molar-refractivity contribution in [3.63, 3.8) is 0 Å². The predicted molar refractivity (Wildman–Crippen MR) is 90.5 cm³/mol. The Morgan fingerprint density at radius 2 is 2.26 bits per heavy atom. The molecule has 2 aromatic rings. The van der Waals surface area contributed by atoms with E-state index in [2.05, 4.69) is 37.0 Å². The van der Waals surface area contributed by atoms with Crippen LogP contribution >= 0.6 is 0 Å². The van der Waals surface area contributed by atoms with Crippen LogP contribution in [0.3, 0.4) is 0 Å². The summed E-state index contributed by atoms with van der Waals surface area (Å²) in [5.74, 6) is 0.681. The van der Waals surface area contributed by atoms with E-state index in [1.165, 1.54) is 27.7 Å². The molecule has 1 saturated heterocycles. The Bertz CT molecular complexity index is 741. The summed E-state index contributed by atoms with van der Waals surface area (Å²) in [4.78, 5) is 18.2. The van der Waals surface area contributed by atoms with Crippen molar-refractivity contribution in [2.75, 3.05) is 13.2 Å². The first-order valence-electron chi connectivity index (χ1n) is 8.67. The van der Waals surface area contributed by atoms with Crippen LogP contribution in [0.15, 0.2) is 18.2 Å². The second-order valence-corrected chi connectivity index (χ2v) is 7.05. The van der Waals surface area contributed by atoms with E-state index in [-0.39, 0.29) is 12.0 Å². The summed E-state index contributed by atoms with van der Waals surface area (Å²) < 4.78 is 5.58. The van der Waals surface area contributed by atoms with E-state index in [0.29, 0.717) is 12.5 Å². The first-order valence-corrected chi connectivity index (χ1v) is 8.67. The molecule has 3 heterocycles. The smallest absolute Gasteiger partial charge is 0.252 e. The van der Waals surface area contributed by atoms with Gasteiger partial charge in [-0.1, -0.05) is 19.9 Å². The maximum Gasteiger partial charge on any atom is 0.252 e. The Hall–Kier alpha value is -1.81. The van der Waals surface area contributed by atoms with Crippen LogP contribution in [0, 0.1) is 0 Å². The number of H-pyrrole nitrogens is 1. The van der Waals surface area contributed by atoms with Crippen LogP contribution in [0.5, 0.6) is 0 Å². The topological polar surface area (TPSA) is 45.3 Å². The predicted octanol–water partition coefficient (Wildman–Crippen LogP) is 3.36. The van der Waals surface area contributed by atoms with Crippen molar-refractivity contribution < 1.29 is 9.53 Å². The van der Waals surface area contributed by atoms with Crippen LogP contribution in [0.2, 0.25) is 0 Å². The summed E-state index contributed by atoms with van der Waals surface area (Å²) in [5.41, 5.74) is 5.12. The molecule has 1 aromatic carbocycles. The number of nitrogens with one attached hydrogen (secondary N) is 1. The lowest BCUT2D eigenvalue weighted by atomic mass is 9.98. The number of amides is 1. The molecule has 4 heteroatoms. The van der Waals surface area contributed by atoms with Crippen LogP contribution in [0.1, 0.15) is 49.4 Å². The summed E-state index contributed by atoms with van der Waals surface area (Å²) in [6.45, 7) is 6.65. The summed E-state index contributed by atoms with van der Waals surface area (Å²) in [5, 5.41) is 1.27. The number of ether oxygens (including phenoxy) is 1. The molecular weight excluding hydrogens is 288 g/mol. The summed E-state index contributed by atoms with van der Waals surface area (Å²) in [6, 6.07) is 6.66. The van der Waals surface area contributed by atoms with E-state index in [1.807, 2.05) is 4.90 Å². The molecule has 4 nitrogen and oxygen atoms in total. The van der Waals surface area contributed by atoms with Crippen molar-refractivity contribution in [2.24, 2.45) is 0 Å². The fraction of sp³-hybridized carbons (Fsp3) is 0.526. The Kier molecular flexibility index (Phi) is 3.64. The number of nitrogens with zero attached hydrogens (tertiary/aromatic N) is 1. The third-order valence-corrected chi connectivity index (χ3v) is 5.18. The Balaban J connectivity index is 1.65. The lowest BCUT2D eigenvalue weighted by Gasteiger charge is -2.29. The van der Waals surface area contributed by atoms with E-state index in [4.69, 9.17) is 4.74 Å². The van der Waals surface area contributed by atoms with Gasteiger partial charge in [0.25, 0.3) is 5.91 Å². The van der Waals surface area contributed by atoms with E-state index in [9.17, 15) is 4.79 Å². The largest absolute Gasteiger partial charge is 0.368 e. The Morgan fingerprint density at radius 1 is 1.39 bits per heavy atom. The lowest BCUT2D eigenvalue weighted by molar-refractivity contribution is -0.141. The SMILES string of the molecule is CC(C)c1ccc2[nH]c3c(c2c1)CN(C(=O)C1CCCO1)CC3. The number of rotatable bonds is 2. The minimum absolute atomic E-state index is 0.169. The number of fused-ring (bicyclic) bond motifs is 3. The lowest BCUT2D eigenvalue weighted by Crippen LogP contribution is -2.41. The Labute approximate surface area is 136 Å². The standard InChI is InChI=1S/C19H24N2O2/c1-12(2)13-5-6-16-14(10-13)15-11-21(8-7-17(15)20-16)19(22)18-4-3-9-23-18/h5-6,10,12,18,20H,3-4,7-9,11H2,1-2H3. The van der Waals surface area contributed by atoms with E-state index >= 15 is 0 Å². The second-order valence-electron chi connectivity index (χ2n) is 7.05. The number of carbonyl (C=O) groups is 1. The van der Waals surface area contributed by atoms with Gasteiger partial charge in [-0.15, -0.1) is 0 Å². The molecule has 0 aliphatic carbocycles. The highest BCUT2D eigenvalue weighted by atomic mass is 16.5. The fourth-order valence-electron chi connectivity index (χ4n) is 3.76. The highest BCUT2D eigenvalue weighted by Crippen LogP contribution is 2.31. The van der Waals surface area contributed by atoms with Crippen LogP contribution in [-0.4, -0.2) is 35.0 Å². The van der Waals surface area contributed by atoms with Gasteiger partial charge in [-0.2, -0.15) is 0 Å². The average Bonchev–Trinajstić information content (AvgIpc) is 3.20. The molecule has 4 rings (SSSR count). The number of aromatic amines is 1. The van der Waals surface area contributed by atoms with Crippen molar-refractivity contribution in [2.45, 2.75) is 51.7 Å². The highest BCUT2D eigenvalue weighted by molar-refractivity contribution is 5.87. The van der Waals surface area contributed by atoms with E-state index in [1.54, 1.807) is 0 Å². The van der Waals surface area contributed by atoms with Crippen molar-refractivity contribution in [1.29, 1.82) is 0 Å². The number of benzene rings is 1. The van der Waals surface area contributed by atoms with Gasteiger partial charge in [0, 0.05) is 48.3 Å². The number of carbonyl (C=O) groups excluding carboxylic acids is 1.